The lowest BCUT2D eigenvalue weighted by Gasteiger charge is -2.26. The highest BCUT2D eigenvalue weighted by Gasteiger charge is 2.15. The highest BCUT2D eigenvalue weighted by molar-refractivity contribution is 5.74. The molecule has 1 fully saturated rings. The highest BCUT2D eigenvalue weighted by atomic mass is 16.5. The van der Waals surface area contributed by atoms with E-state index in [4.69, 9.17) is 14.2 Å². The number of rotatable bonds is 5. The lowest BCUT2D eigenvalue weighted by atomic mass is 10.3. The van der Waals surface area contributed by atoms with Crippen LogP contribution in [-0.2, 0) is 4.74 Å². The standard InChI is InChI=1S/C14H20N2O4/c1-18-12-4-2-3-5-13(12)20-9-6-15-14(17)16-7-10-19-11-8-16/h2-5H,6-11H2,1H3,(H,15,17). The second-order valence-electron chi connectivity index (χ2n) is 4.33. The van der Waals surface area contributed by atoms with Crippen LogP contribution in [0.3, 0.4) is 0 Å². The van der Waals surface area contributed by atoms with Crippen LogP contribution in [0, 0.1) is 0 Å². The van der Waals surface area contributed by atoms with Crippen molar-refractivity contribution < 1.29 is 19.0 Å². The fourth-order valence-electron chi connectivity index (χ4n) is 1.94. The molecule has 20 heavy (non-hydrogen) atoms. The van der Waals surface area contributed by atoms with Crippen LogP contribution in [0.5, 0.6) is 11.5 Å². The van der Waals surface area contributed by atoms with Gasteiger partial charge >= 0.3 is 6.03 Å². The van der Waals surface area contributed by atoms with Gasteiger partial charge in [-0.25, -0.2) is 4.79 Å². The Kier molecular flexibility index (Phi) is 5.49. The van der Waals surface area contributed by atoms with Crippen molar-refractivity contribution in [3.05, 3.63) is 24.3 Å². The summed E-state index contributed by atoms with van der Waals surface area (Å²) in [4.78, 5) is 13.6. The van der Waals surface area contributed by atoms with E-state index in [1.54, 1.807) is 12.0 Å². The average Bonchev–Trinajstić information content (AvgIpc) is 2.52. The number of hydrogen-bond acceptors (Lipinski definition) is 4. The third kappa shape index (κ3) is 4.03. The molecule has 0 radical (unpaired) electrons. The molecule has 0 saturated carbocycles. The first kappa shape index (κ1) is 14.5. The summed E-state index contributed by atoms with van der Waals surface area (Å²) < 4.78 is 16.0. The van der Waals surface area contributed by atoms with Crippen molar-refractivity contribution in [2.45, 2.75) is 0 Å². The predicted molar refractivity (Wildman–Crippen MR) is 74.3 cm³/mol. The van der Waals surface area contributed by atoms with E-state index in [-0.39, 0.29) is 6.03 Å². The van der Waals surface area contributed by atoms with Crippen LogP contribution in [0.2, 0.25) is 0 Å². The zero-order chi connectivity index (χ0) is 14.2. The van der Waals surface area contributed by atoms with E-state index in [0.717, 1.165) is 0 Å². The van der Waals surface area contributed by atoms with Crippen LogP contribution in [0.1, 0.15) is 0 Å². The van der Waals surface area contributed by atoms with Gasteiger partial charge in [0.15, 0.2) is 11.5 Å². The number of methoxy groups -OCH3 is 1. The van der Waals surface area contributed by atoms with Gasteiger partial charge in [-0.05, 0) is 12.1 Å². The number of ether oxygens (including phenoxy) is 3. The largest absolute Gasteiger partial charge is 0.493 e. The van der Waals surface area contributed by atoms with E-state index in [0.29, 0.717) is 51.0 Å². The Balaban J connectivity index is 1.69. The molecule has 0 unspecified atom stereocenters. The molecule has 1 aromatic carbocycles. The van der Waals surface area contributed by atoms with Crippen molar-refractivity contribution in [3.8, 4) is 11.5 Å². The second-order valence-corrected chi connectivity index (χ2v) is 4.33. The van der Waals surface area contributed by atoms with Crippen LogP contribution >= 0.6 is 0 Å². The summed E-state index contributed by atoms with van der Waals surface area (Å²) in [6.45, 7) is 3.33. The van der Waals surface area contributed by atoms with Crippen LogP contribution in [0.4, 0.5) is 4.79 Å². The lowest BCUT2D eigenvalue weighted by molar-refractivity contribution is 0.0530. The van der Waals surface area contributed by atoms with Crippen molar-refractivity contribution in [2.24, 2.45) is 0 Å². The van der Waals surface area contributed by atoms with Crippen molar-refractivity contribution in [3.63, 3.8) is 0 Å². The Bertz CT molecular complexity index is 433. The first-order chi connectivity index (χ1) is 9.81. The number of hydrogen-bond donors (Lipinski definition) is 1. The number of urea groups is 1. The zero-order valence-electron chi connectivity index (χ0n) is 11.6. The molecule has 1 aromatic rings. The van der Waals surface area contributed by atoms with Gasteiger partial charge in [0.25, 0.3) is 0 Å². The molecule has 2 rings (SSSR count). The molecule has 0 aliphatic carbocycles. The second kappa shape index (κ2) is 7.59. The summed E-state index contributed by atoms with van der Waals surface area (Å²) in [6, 6.07) is 7.36. The molecular weight excluding hydrogens is 260 g/mol. The van der Waals surface area contributed by atoms with E-state index < -0.39 is 0 Å². The molecule has 2 amide bonds. The summed E-state index contributed by atoms with van der Waals surface area (Å²) in [6.07, 6.45) is 0. The molecule has 0 aromatic heterocycles. The quantitative estimate of drug-likeness (QED) is 0.821. The summed E-state index contributed by atoms with van der Waals surface area (Å²) in [5.41, 5.74) is 0. The van der Waals surface area contributed by atoms with Gasteiger partial charge in [-0.15, -0.1) is 0 Å². The van der Waals surface area contributed by atoms with Gasteiger partial charge in [0.2, 0.25) is 0 Å². The molecule has 6 nitrogen and oxygen atoms in total. The molecule has 1 aliphatic rings. The van der Waals surface area contributed by atoms with Gasteiger partial charge in [0.05, 0.1) is 26.9 Å². The summed E-state index contributed by atoms with van der Waals surface area (Å²) >= 11 is 0. The summed E-state index contributed by atoms with van der Waals surface area (Å²) in [5.74, 6) is 1.36. The number of carbonyl (C=O) groups excluding carboxylic acids is 1. The number of benzene rings is 1. The van der Waals surface area contributed by atoms with Crippen LogP contribution < -0.4 is 14.8 Å². The van der Waals surface area contributed by atoms with Crippen molar-refractivity contribution in [2.75, 3.05) is 46.6 Å². The Morgan fingerprint density at radius 3 is 2.70 bits per heavy atom. The van der Waals surface area contributed by atoms with E-state index >= 15 is 0 Å². The number of amides is 2. The number of carbonyl (C=O) groups is 1. The Morgan fingerprint density at radius 2 is 2.00 bits per heavy atom. The van der Waals surface area contributed by atoms with Crippen molar-refractivity contribution >= 4 is 6.03 Å². The SMILES string of the molecule is COc1ccccc1OCCNC(=O)N1CCOCC1. The molecule has 1 N–H and O–H groups in total. The maximum absolute atomic E-state index is 11.8. The van der Waals surface area contributed by atoms with Gasteiger partial charge < -0.3 is 24.4 Å². The molecule has 1 saturated heterocycles. The van der Waals surface area contributed by atoms with Crippen LogP contribution in [0.25, 0.3) is 0 Å². The third-order valence-corrected chi connectivity index (χ3v) is 3.00. The summed E-state index contributed by atoms with van der Waals surface area (Å²) in [7, 11) is 1.60. The van der Waals surface area contributed by atoms with E-state index in [2.05, 4.69) is 5.32 Å². The fraction of sp³-hybridized carbons (Fsp3) is 0.500. The molecule has 6 heteroatoms. The van der Waals surface area contributed by atoms with Gasteiger partial charge in [-0.2, -0.15) is 0 Å². The number of para-hydroxylation sites is 2. The smallest absolute Gasteiger partial charge is 0.317 e. The average molecular weight is 280 g/mol. The normalized spacial score (nSPS) is 14.8. The number of nitrogens with zero attached hydrogens (tertiary/aromatic N) is 1. The lowest BCUT2D eigenvalue weighted by Crippen LogP contribution is -2.47. The minimum atomic E-state index is -0.0723. The number of nitrogens with one attached hydrogen (secondary N) is 1. The maximum Gasteiger partial charge on any atom is 0.317 e. The van der Waals surface area contributed by atoms with Gasteiger partial charge in [-0.3, -0.25) is 0 Å². The van der Waals surface area contributed by atoms with Crippen LogP contribution in [0.15, 0.2) is 24.3 Å². The fourth-order valence-corrected chi connectivity index (χ4v) is 1.94. The Hall–Kier alpha value is -1.95. The minimum Gasteiger partial charge on any atom is -0.493 e. The van der Waals surface area contributed by atoms with E-state index in [9.17, 15) is 4.79 Å². The van der Waals surface area contributed by atoms with Gasteiger partial charge in [0, 0.05) is 13.1 Å². The molecule has 0 atom stereocenters. The van der Waals surface area contributed by atoms with E-state index in [1.807, 2.05) is 24.3 Å². The summed E-state index contributed by atoms with van der Waals surface area (Å²) in [5, 5.41) is 2.83. The zero-order valence-corrected chi connectivity index (χ0v) is 11.6. The monoisotopic (exact) mass is 280 g/mol. The minimum absolute atomic E-state index is 0.0723. The predicted octanol–water partition coefficient (Wildman–Crippen LogP) is 1.12. The molecular formula is C14H20N2O4. The van der Waals surface area contributed by atoms with Gasteiger partial charge in [-0.1, -0.05) is 12.1 Å². The maximum atomic E-state index is 11.8. The molecule has 1 heterocycles. The third-order valence-electron chi connectivity index (χ3n) is 3.00. The molecule has 1 aliphatic heterocycles. The van der Waals surface area contributed by atoms with Crippen molar-refractivity contribution in [1.29, 1.82) is 0 Å². The molecule has 110 valence electrons. The van der Waals surface area contributed by atoms with Crippen LogP contribution in [-0.4, -0.2) is 57.5 Å². The first-order valence-corrected chi connectivity index (χ1v) is 6.67. The van der Waals surface area contributed by atoms with Crippen molar-refractivity contribution in [1.82, 2.24) is 10.2 Å². The topological polar surface area (TPSA) is 60.0 Å². The van der Waals surface area contributed by atoms with E-state index in [1.165, 1.54) is 0 Å². The van der Waals surface area contributed by atoms with Gasteiger partial charge in [0.1, 0.15) is 6.61 Å². The first-order valence-electron chi connectivity index (χ1n) is 6.67. The number of morpholine rings is 1. The highest BCUT2D eigenvalue weighted by Crippen LogP contribution is 2.25. The molecule has 0 bridgehead atoms. The Labute approximate surface area is 118 Å². The Morgan fingerprint density at radius 1 is 1.30 bits per heavy atom. The molecule has 0 spiro atoms.